The summed E-state index contributed by atoms with van der Waals surface area (Å²) in [5.74, 6) is 1.76. The minimum atomic E-state index is 0.768. The van der Waals surface area contributed by atoms with E-state index in [1.54, 1.807) is 0 Å². The molecule has 0 aliphatic heterocycles. The van der Waals surface area contributed by atoms with E-state index >= 15 is 0 Å². The van der Waals surface area contributed by atoms with Crippen molar-refractivity contribution in [2.45, 2.75) is 103 Å². The first-order chi connectivity index (χ1) is 14.3. The van der Waals surface area contributed by atoms with Crippen LogP contribution in [-0.2, 0) is 6.42 Å². The Bertz CT molecular complexity index is 677. The van der Waals surface area contributed by atoms with E-state index in [9.17, 15) is 0 Å². The van der Waals surface area contributed by atoms with E-state index in [1.165, 1.54) is 93.7 Å². The largest absolute Gasteiger partial charge is 0.256 e. The van der Waals surface area contributed by atoms with Gasteiger partial charge in [0.15, 0.2) is 0 Å². The van der Waals surface area contributed by atoms with Gasteiger partial charge in [0.2, 0.25) is 0 Å². The standard InChI is InChI=1S/C28H41N/c1-3-5-7-8-9-11-23-12-15-25(16-13-23)26-17-19-27(20-18-26)28-21-14-24(22-29-28)10-6-4-2/h14,17-23,25H,3-13,15-16H2,1-2H3. The second-order valence-electron chi connectivity index (χ2n) is 9.20. The molecule has 2 aromatic rings. The van der Waals surface area contributed by atoms with Gasteiger partial charge in [-0.25, -0.2) is 0 Å². The van der Waals surface area contributed by atoms with Crippen LogP contribution in [0.1, 0.15) is 108 Å². The van der Waals surface area contributed by atoms with Crippen LogP contribution < -0.4 is 0 Å². The molecule has 1 heteroatoms. The summed E-state index contributed by atoms with van der Waals surface area (Å²) in [7, 11) is 0. The fourth-order valence-electron chi connectivity index (χ4n) is 4.87. The van der Waals surface area contributed by atoms with Gasteiger partial charge in [0.05, 0.1) is 5.69 Å². The lowest BCUT2D eigenvalue weighted by Gasteiger charge is -2.29. The summed E-state index contributed by atoms with van der Waals surface area (Å²) in [6.45, 7) is 4.54. The Kier molecular flexibility index (Phi) is 9.25. The van der Waals surface area contributed by atoms with E-state index in [0.717, 1.165) is 24.0 Å². The first-order valence-electron chi connectivity index (χ1n) is 12.4. The topological polar surface area (TPSA) is 12.9 Å². The van der Waals surface area contributed by atoms with Gasteiger partial charge in [-0.1, -0.05) is 89.1 Å². The highest BCUT2D eigenvalue weighted by atomic mass is 14.7. The second kappa shape index (κ2) is 12.2. The molecule has 3 rings (SSSR count). The Balaban J connectivity index is 1.46. The zero-order chi connectivity index (χ0) is 20.3. The number of rotatable bonds is 11. The van der Waals surface area contributed by atoms with E-state index in [0.29, 0.717) is 0 Å². The number of unbranched alkanes of at least 4 members (excludes halogenated alkanes) is 5. The van der Waals surface area contributed by atoms with Crippen molar-refractivity contribution >= 4 is 0 Å². The predicted molar refractivity (Wildman–Crippen MR) is 126 cm³/mol. The summed E-state index contributed by atoms with van der Waals surface area (Å²) in [5.41, 5.74) is 5.24. The SMILES string of the molecule is CCCCCCCC1CCC(c2ccc(-c3ccc(CCCC)cn3)cc2)CC1. The molecule has 0 bridgehead atoms. The molecule has 0 amide bonds. The maximum atomic E-state index is 4.70. The van der Waals surface area contributed by atoms with Crippen LogP contribution >= 0.6 is 0 Å². The first kappa shape index (κ1) is 22.1. The maximum Gasteiger partial charge on any atom is 0.0702 e. The summed E-state index contributed by atoms with van der Waals surface area (Å²) in [5, 5.41) is 0. The fraction of sp³-hybridized carbons (Fsp3) is 0.607. The Labute approximate surface area is 179 Å². The van der Waals surface area contributed by atoms with Crippen molar-refractivity contribution in [1.29, 1.82) is 0 Å². The smallest absolute Gasteiger partial charge is 0.0702 e. The predicted octanol–water partition coefficient (Wildman–Crippen LogP) is 8.73. The molecule has 0 unspecified atom stereocenters. The molecule has 1 fully saturated rings. The molecular weight excluding hydrogens is 350 g/mol. The molecule has 1 heterocycles. The van der Waals surface area contributed by atoms with Gasteiger partial charge in [0, 0.05) is 11.8 Å². The molecule has 1 saturated carbocycles. The van der Waals surface area contributed by atoms with Crippen LogP contribution in [0.15, 0.2) is 42.6 Å². The van der Waals surface area contributed by atoms with Crippen LogP contribution in [0.25, 0.3) is 11.3 Å². The Hall–Kier alpha value is -1.63. The van der Waals surface area contributed by atoms with Crippen LogP contribution in [0.3, 0.4) is 0 Å². The molecule has 29 heavy (non-hydrogen) atoms. The normalized spacial score (nSPS) is 19.4. The summed E-state index contributed by atoms with van der Waals surface area (Å²) in [6, 6.07) is 13.7. The van der Waals surface area contributed by atoms with Gasteiger partial charge in [-0.2, -0.15) is 0 Å². The molecule has 1 aliphatic rings. The van der Waals surface area contributed by atoms with Crippen molar-refractivity contribution in [3.05, 3.63) is 53.7 Å². The molecule has 0 saturated heterocycles. The molecule has 0 radical (unpaired) electrons. The molecule has 158 valence electrons. The minimum absolute atomic E-state index is 0.768. The molecule has 0 atom stereocenters. The third-order valence-corrected chi connectivity index (χ3v) is 6.88. The number of hydrogen-bond acceptors (Lipinski definition) is 1. The third kappa shape index (κ3) is 6.98. The van der Waals surface area contributed by atoms with Gasteiger partial charge in [-0.15, -0.1) is 0 Å². The van der Waals surface area contributed by atoms with Crippen molar-refractivity contribution in [3.8, 4) is 11.3 Å². The monoisotopic (exact) mass is 391 g/mol. The third-order valence-electron chi connectivity index (χ3n) is 6.88. The number of aryl methyl sites for hydroxylation is 1. The Morgan fingerprint density at radius 2 is 1.48 bits per heavy atom. The van der Waals surface area contributed by atoms with Gasteiger partial charge in [0.25, 0.3) is 0 Å². The van der Waals surface area contributed by atoms with Crippen LogP contribution in [0.4, 0.5) is 0 Å². The fourth-order valence-corrected chi connectivity index (χ4v) is 4.87. The van der Waals surface area contributed by atoms with Crippen molar-refractivity contribution in [1.82, 2.24) is 4.98 Å². The van der Waals surface area contributed by atoms with Crippen molar-refractivity contribution in [3.63, 3.8) is 0 Å². The number of pyridine rings is 1. The summed E-state index contributed by atoms with van der Waals surface area (Å²) >= 11 is 0. The number of hydrogen-bond donors (Lipinski definition) is 0. The summed E-state index contributed by atoms with van der Waals surface area (Å²) < 4.78 is 0. The summed E-state index contributed by atoms with van der Waals surface area (Å²) in [4.78, 5) is 4.70. The van der Waals surface area contributed by atoms with Crippen LogP contribution in [0.5, 0.6) is 0 Å². The lowest BCUT2D eigenvalue weighted by molar-refractivity contribution is 0.302. The van der Waals surface area contributed by atoms with Gasteiger partial charge in [-0.3, -0.25) is 4.98 Å². The van der Waals surface area contributed by atoms with Crippen LogP contribution in [0, 0.1) is 5.92 Å². The van der Waals surface area contributed by atoms with Crippen molar-refractivity contribution < 1.29 is 0 Å². The van der Waals surface area contributed by atoms with Gasteiger partial charge < -0.3 is 0 Å². The molecule has 0 N–H and O–H groups in total. The second-order valence-corrected chi connectivity index (χ2v) is 9.20. The molecular formula is C28H41N. The zero-order valence-electron chi connectivity index (χ0n) is 18.8. The van der Waals surface area contributed by atoms with Crippen LogP contribution in [-0.4, -0.2) is 4.98 Å². The average molecular weight is 392 g/mol. The molecule has 1 aromatic carbocycles. The number of nitrogens with zero attached hydrogens (tertiary/aromatic N) is 1. The Morgan fingerprint density at radius 1 is 0.759 bits per heavy atom. The molecule has 1 aromatic heterocycles. The molecule has 1 aliphatic carbocycles. The lowest BCUT2D eigenvalue weighted by atomic mass is 9.77. The zero-order valence-corrected chi connectivity index (χ0v) is 18.8. The minimum Gasteiger partial charge on any atom is -0.256 e. The number of benzene rings is 1. The van der Waals surface area contributed by atoms with Gasteiger partial charge in [-0.05, 0) is 67.6 Å². The van der Waals surface area contributed by atoms with Crippen molar-refractivity contribution in [2.24, 2.45) is 5.92 Å². The highest BCUT2D eigenvalue weighted by Gasteiger charge is 2.22. The van der Waals surface area contributed by atoms with Crippen molar-refractivity contribution in [2.75, 3.05) is 0 Å². The lowest BCUT2D eigenvalue weighted by Crippen LogP contribution is -2.13. The molecule has 1 nitrogen and oxygen atoms in total. The quantitative estimate of drug-likeness (QED) is 0.349. The van der Waals surface area contributed by atoms with E-state index in [4.69, 9.17) is 4.98 Å². The Morgan fingerprint density at radius 3 is 2.14 bits per heavy atom. The maximum absolute atomic E-state index is 4.70. The van der Waals surface area contributed by atoms with Crippen LogP contribution in [0.2, 0.25) is 0 Å². The van der Waals surface area contributed by atoms with E-state index < -0.39 is 0 Å². The van der Waals surface area contributed by atoms with E-state index in [2.05, 4.69) is 56.4 Å². The first-order valence-corrected chi connectivity index (χ1v) is 12.4. The molecule has 0 spiro atoms. The van der Waals surface area contributed by atoms with Gasteiger partial charge >= 0.3 is 0 Å². The number of aromatic nitrogens is 1. The average Bonchev–Trinajstić information content (AvgIpc) is 2.78. The highest BCUT2D eigenvalue weighted by molar-refractivity contribution is 5.59. The van der Waals surface area contributed by atoms with E-state index in [-0.39, 0.29) is 0 Å². The van der Waals surface area contributed by atoms with Gasteiger partial charge in [0.1, 0.15) is 0 Å². The van der Waals surface area contributed by atoms with E-state index in [1.807, 2.05) is 0 Å². The summed E-state index contributed by atoms with van der Waals surface area (Å²) in [6.07, 6.45) is 19.9. The highest BCUT2D eigenvalue weighted by Crippen LogP contribution is 2.38.